The SMILES string of the molecule is CS(=O)(=O)c1ccc(C(=CCC2CCCC2)C(=O)O)cc1C(F)(F)F. The molecule has 0 amide bonds. The molecule has 1 aromatic carbocycles. The maximum Gasteiger partial charge on any atom is 0.417 e. The van der Waals surface area contributed by atoms with Crippen LogP contribution < -0.4 is 0 Å². The minimum atomic E-state index is -4.90. The van der Waals surface area contributed by atoms with E-state index in [-0.39, 0.29) is 11.1 Å². The summed E-state index contributed by atoms with van der Waals surface area (Å²) in [6.07, 6.45) is 1.80. The molecule has 0 spiro atoms. The molecule has 0 saturated heterocycles. The number of aliphatic carboxylic acids is 1. The molecule has 0 atom stereocenters. The zero-order chi connectivity index (χ0) is 18.8. The third-order valence-corrected chi connectivity index (χ3v) is 5.51. The molecule has 0 bridgehead atoms. The number of benzene rings is 1. The first-order chi connectivity index (χ1) is 11.5. The second-order valence-corrected chi connectivity index (χ2v) is 8.27. The zero-order valence-corrected chi connectivity index (χ0v) is 14.5. The Labute approximate surface area is 144 Å². The predicted octanol–water partition coefficient (Wildman–Crippen LogP) is 4.16. The summed E-state index contributed by atoms with van der Waals surface area (Å²) in [5, 5.41) is 9.36. The van der Waals surface area contributed by atoms with Crippen LogP contribution in [0.5, 0.6) is 0 Å². The summed E-state index contributed by atoms with van der Waals surface area (Å²) in [6.45, 7) is 0. The van der Waals surface area contributed by atoms with Crippen LogP contribution in [0.1, 0.15) is 43.2 Å². The molecule has 1 saturated carbocycles. The van der Waals surface area contributed by atoms with E-state index in [4.69, 9.17) is 0 Å². The number of carboxylic acids is 1. The summed E-state index contributed by atoms with van der Waals surface area (Å²) in [5.41, 5.74) is -1.73. The van der Waals surface area contributed by atoms with Gasteiger partial charge in [-0.3, -0.25) is 0 Å². The lowest BCUT2D eigenvalue weighted by Crippen LogP contribution is -2.13. The van der Waals surface area contributed by atoms with Crippen LogP contribution in [0.4, 0.5) is 13.2 Å². The van der Waals surface area contributed by atoms with Crippen molar-refractivity contribution in [2.24, 2.45) is 5.92 Å². The van der Waals surface area contributed by atoms with Gasteiger partial charge in [0.15, 0.2) is 9.84 Å². The van der Waals surface area contributed by atoms with Crippen molar-refractivity contribution >= 4 is 21.4 Å². The first-order valence-electron chi connectivity index (χ1n) is 7.85. The van der Waals surface area contributed by atoms with Gasteiger partial charge in [-0.05, 0) is 30.0 Å². The molecule has 1 aromatic rings. The largest absolute Gasteiger partial charge is 0.478 e. The molecule has 1 aliphatic rings. The van der Waals surface area contributed by atoms with Crippen molar-refractivity contribution in [3.05, 3.63) is 35.4 Å². The van der Waals surface area contributed by atoms with E-state index in [1.54, 1.807) is 0 Å². The molecule has 1 aliphatic carbocycles. The molecule has 0 aromatic heterocycles. The van der Waals surface area contributed by atoms with E-state index in [0.29, 0.717) is 24.7 Å². The van der Waals surface area contributed by atoms with Crippen LogP contribution in [-0.2, 0) is 20.8 Å². The fourth-order valence-electron chi connectivity index (χ4n) is 3.10. The van der Waals surface area contributed by atoms with Crippen LogP contribution in [0.3, 0.4) is 0 Å². The lowest BCUT2D eigenvalue weighted by atomic mass is 9.97. The average Bonchev–Trinajstić information content (AvgIpc) is 2.98. The molecule has 1 fully saturated rings. The van der Waals surface area contributed by atoms with Gasteiger partial charge in [0.25, 0.3) is 0 Å². The number of halogens is 3. The van der Waals surface area contributed by atoms with Crippen molar-refractivity contribution in [1.29, 1.82) is 0 Å². The van der Waals surface area contributed by atoms with Gasteiger partial charge in [0.1, 0.15) is 0 Å². The van der Waals surface area contributed by atoms with Gasteiger partial charge in [0.2, 0.25) is 0 Å². The highest BCUT2D eigenvalue weighted by Crippen LogP contribution is 2.36. The molecule has 1 N–H and O–H groups in total. The Morgan fingerprint density at radius 1 is 1.28 bits per heavy atom. The number of carbonyl (C=O) groups is 1. The Hall–Kier alpha value is -1.83. The van der Waals surface area contributed by atoms with E-state index in [0.717, 1.165) is 37.8 Å². The Kier molecular flexibility index (Phi) is 5.61. The smallest absolute Gasteiger partial charge is 0.417 e. The monoisotopic (exact) mass is 376 g/mol. The van der Waals surface area contributed by atoms with Gasteiger partial charge in [-0.15, -0.1) is 0 Å². The van der Waals surface area contributed by atoms with Crippen LogP contribution in [0.2, 0.25) is 0 Å². The van der Waals surface area contributed by atoms with Crippen LogP contribution in [0.25, 0.3) is 5.57 Å². The molecule has 4 nitrogen and oxygen atoms in total. The van der Waals surface area contributed by atoms with Crippen LogP contribution >= 0.6 is 0 Å². The molecule has 138 valence electrons. The molecule has 25 heavy (non-hydrogen) atoms. The number of sulfone groups is 1. The highest BCUT2D eigenvalue weighted by Gasteiger charge is 2.36. The van der Waals surface area contributed by atoms with E-state index in [1.165, 1.54) is 6.08 Å². The third-order valence-electron chi connectivity index (χ3n) is 4.36. The summed E-state index contributed by atoms with van der Waals surface area (Å²) >= 11 is 0. The van der Waals surface area contributed by atoms with Gasteiger partial charge in [-0.2, -0.15) is 13.2 Å². The lowest BCUT2D eigenvalue weighted by Gasteiger charge is -2.14. The van der Waals surface area contributed by atoms with Crippen LogP contribution in [0, 0.1) is 5.92 Å². The van der Waals surface area contributed by atoms with E-state index < -0.39 is 32.4 Å². The van der Waals surface area contributed by atoms with Crippen molar-refractivity contribution in [3.8, 4) is 0 Å². The molecule has 2 rings (SSSR count). The van der Waals surface area contributed by atoms with Gasteiger partial charge in [-0.25, -0.2) is 13.2 Å². The van der Waals surface area contributed by atoms with Crippen LogP contribution in [-0.4, -0.2) is 25.7 Å². The minimum Gasteiger partial charge on any atom is -0.478 e. The number of rotatable bonds is 5. The average molecular weight is 376 g/mol. The Balaban J connectivity index is 2.48. The highest BCUT2D eigenvalue weighted by atomic mass is 32.2. The summed E-state index contributed by atoms with van der Waals surface area (Å²) < 4.78 is 62.8. The Morgan fingerprint density at radius 2 is 1.88 bits per heavy atom. The molecule has 0 aliphatic heterocycles. The topological polar surface area (TPSA) is 71.4 Å². The summed E-state index contributed by atoms with van der Waals surface area (Å²) in [4.78, 5) is 10.6. The number of allylic oxidation sites excluding steroid dienone is 1. The second-order valence-electron chi connectivity index (χ2n) is 6.29. The second kappa shape index (κ2) is 7.19. The first-order valence-corrected chi connectivity index (χ1v) is 9.74. The van der Waals surface area contributed by atoms with Crippen molar-refractivity contribution in [1.82, 2.24) is 0 Å². The van der Waals surface area contributed by atoms with E-state index in [9.17, 15) is 31.5 Å². The summed E-state index contributed by atoms with van der Waals surface area (Å²) in [5.74, 6) is -0.995. The van der Waals surface area contributed by atoms with Crippen molar-refractivity contribution in [2.75, 3.05) is 6.26 Å². The normalized spacial score (nSPS) is 17.0. The van der Waals surface area contributed by atoms with E-state index in [2.05, 4.69) is 0 Å². The Bertz CT molecular complexity index is 789. The number of carboxylic acid groups (broad SMARTS) is 1. The molecular weight excluding hydrogens is 357 g/mol. The molecular formula is C17H19F3O4S. The first kappa shape index (κ1) is 19.5. The maximum absolute atomic E-state index is 13.2. The zero-order valence-electron chi connectivity index (χ0n) is 13.6. The van der Waals surface area contributed by atoms with Crippen molar-refractivity contribution in [2.45, 2.75) is 43.2 Å². The maximum atomic E-state index is 13.2. The van der Waals surface area contributed by atoms with E-state index >= 15 is 0 Å². The Morgan fingerprint density at radius 3 is 2.36 bits per heavy atom. The highest BCUT2D eigenvalue weighted by molar-refractivity contribution is 7.90. The number of hydrogen-bond donors (Lipinski definition) is 1. The standard InChI is InChI=1S/C17H19F3O4S/c1-25(23,24)15-9-7-12(10-14(15)17(18,19)20)13(16(21)22)8-6-11-4-2-3-5-11/h7-11H,2-6H2,1H3,(H,21,22). The molecule has 8 heteroatoms. The van der Waals surface area contributed by atoms with E-state index in [1.807, 2.05) is 0 Å². The number of hydrogen-bond acceptors (Lipinski definition) is 3. The van der Waals surface area contributed by atoms with Gasteiger partial charge in [-0.1, -0.05) is 37.8 Å². The quantitative estimate of drug-likeness (QED) is 0.784. The third kappa shape index (κ3) is 4.84. The molecule has 0 radical (unpaired) electrons. The van der Waals surface area contributed by atoms with Gasteiger partial charge < -0.3 is 5.11 Å². The fraction of sp³-hybridized carbons (Fsp3) is 0.471. The molecule has 0 unspecified atom stereocenters. The lowest BCUT2D eigenvalue weighted by molar-refractivity contribution is -0.140. The minimum absolute atomic E-state index is 0.148. The van der Waals surface area contributed by atoms with Crippen molar-refractivity contribution < 1.29 is 31.5 Å². The van der Waals surface area contributed by atoms with Gasteiger partial charge in [0, 0.05) is 6.26 Å². The summed E-state index contributed by atoms with van der Waals surface area (Å²) in [7, 11) is -4.09. The molecule has 0 heterocycles. The number of alkyl halides is 3. The summed E-state index contributed by atoms with van der Waals surface area (Å²) in [6, 6.07) is 2.53. The van der Waals surface area contributed by atoms with Crippen molar-refractivity contribution in [3.63, 3.8) is 0 Å². The van der Waals surface area contributed by atoms with Gasteiger partial charge in [0.05, 0.1) is 16.0 Å². The predicted molar refractivity (Wildman–Crippen MR) is 86.7 cm³/mol. The van der Waals surface area contributed by atoms with Crippen LogP contribution in [0.15, 0.2) is 29.2 Å². The van der Waals surface area contributed by atoms with Gasteiger partial charge >= 0.3 is 12.1 Å². The fourth-order valence-corrected chi connectivity index (χ4v) is 3.99.